The minimum absolute atomic E-state index is 0.00264. The maximum absolute atomic E-state index is 14.2. The first-order chi connectivity index (χ1) is 21.7. The van der Waals surface area contributed by atoms with E-state index in [9.17, 15) is 28.2 Å². The Morgan fingerprint density at radius 2 is 1.70 bits per heavy atom. The predicted octanol–water partition coefficient (Wildman–Crippen LogP) is 2.15. The number of rotatable bonds is 14. The van der Waals surface area contributed by atoms with Gasteiger partial charge in [0, 0.05) is 26.2 Å². The summed E-state index contributed by atoms with van der Waals surface area (Å²) in [5.74, 6) is -2.44. The van der Waals surface area contributed by atoms with Crippen LogP contribution >= 0.6 is 0 Å². The van der Waals surface area contributed by atoms with Gasteiger partial charge in [-0.1, -0.05) is 78.5 Å². The summed E-state index contributed by atoms with van der Waals surface area (Å²) in [7, 11) is -2.42. The highest BCUT2D eigenvalue weighted by Gasteiger charge is 2.45. The lowest BCUT2D eigenvalue weighted by Gasteiger charge is -2.38. The fourth-order valence-corrected chi connectivity index (χ4v) is 7.41. The molecule has 0 bridgehead atoms. The van der Waals surface area contributed by atoms with Crippen molar-refractivity contribution in [2.45, 2.75) is 112 Å². The Bertz CT molecular complexity index is 1200. The first-order valence-corrected chi connectivity index (χ1v) is 18.7. The van der Waals surface area contributed by atoms with Crippen LogP contribution in [0.5, 0.6) is 0 Å². The maximum Gasteiger partial charge on any atom is 0.315 e. The number of carbonyl (C=O) groups excluding carboxylic acids is 5. The zero-order chi connectivity index (χ0) is 35.7. The van der Waals surface area contributed by atoms with Gasteiger partial charge in [0.1, 0.15) is 18.3 Å². The molecule has 47 heavy (non-hydrogen) atoms. The topological polar surface area (TPSA) is 169 Å². The molecule has 0 radical (unpaired) electrons. The molecule has 14 heteroatoms. The van der Waals surface area contributed by atoms with Crippen molar-refractivity contribution in [1.82, 2.24) is 35.2 Å². The van der Waals surface area contributed by atoms with Gasteiger partial charge in [0.15, 0.2) is 0 Å². The zero-order valence-corrected chi connectivity index (χ0v) is 30.8. The highest BCUT2D eigenvalue weighted by molar-refractivity contribution is 7.98. The smallest absolute Gasteiger partial charge is 0.315 e. The van der Waals surface area contributed by atoms with Crippen molar-refractivity contribution in [3.05, 3.63) is 12.7 Å². The van der Waals surface area contributed by atoms with Crippen LogP contribution in [0.1, 0.15) is 87.5 Å². The van der Waals surface area contributed by atoms with E-state index in [1.807, 2.05) is 59.7 Å². The largest absolute Gasteiger partial charge is 0.346 e. The third-order valence-corrected chi connectivity index (χ3v) is 10.8. The lowest BCUT2D eigenvalue weighted by atomic mass is 9.85. The number of carbonyl (C=O) groups is 5. The standard InChI is InChI=1S/C33H59N7O6S/c1-11-13-15-23(26(41)29(43)34-16-12-2)36-28(42)24-19-22(3)20-40(24)30(44)27(33(7,8)9)38-31(45)37-25(32(4,5)6)21-39-18-14-17-35-47(39,10)46/h12,22-25,27H,2,11,13-21H2,1,3-10H3,(H4-,34,35,36,37,38,42,43,45,46)/p+1/t22-,23?,24+,25-,27-,47?/m1/s1. The molecule has 2 unspecified atom stereocenters. The van der Waals surface area contributed by atoms with Gasteiger partial charge in [-0.05, 0) is 36.0 Å². The molecule has 0 aromatic heterocycles. The molecule has 2 fully saturated rings. The number of amides is 5. The van der Waals surface area contributed by atoms with Gasteiger partial charge in [-0.3, -0.25) is 19.2 Å². The van der Waals surface area contributed by atoms with Crippen LogP contribution in [0, 0.1) is 16.7 Å². The number of urea groups is 1. The fraction of sp³-hybridized carbons (Fsp3) is 0.788. The summed E-state index contributed by atoms with van der Waals surface area (Å²) < 4.78 is 18.1. The van der Waals surface area contributed by atoms with E-state index in [4.69, 9.17) is 0 Å². The monoisotopic (exact) mass is 682 g/mol. The normalized spacial score (nSPS) is 24.1. The molecule has 2 heterocycles. The van der Waals surface area contributed by atoms with Gasteiger partial charge in [0.2, 0.25) is 27.9 Å². The number of nitrogens with one attached hydrogen (secondary N) is 5. The first-order valence-electron chi connectivity index (χ1n) is 16.8. The van der Waals surface area contributed by atoms with Crippen molar-refractivity contribution in [2.24, 2.45) is 16.7 Å². The Morgan fingerprint density at radius 3 is 2.26 bits per heavy atom. The molecule has 2 rings (SSSR count). The van der Waals surface area contributed by atoms with Crippen LogP contribution in [0.25, 0.3) is 0 Å². The van der Waals surface area contributed by atoms with Gasteiger partial charge in [-0.15, -0.1) is 15.6 Å². The zero-order valence-electron chi connectivity index (χ0n) is 30.0. The third kappa shape index (κ3) is 11.7. The Balaban J connectivity index is 2.25. The first kappa shape index (κ1) is 40.3. The Morgan fingerprint density at radius 1 is 1.04 bits per heavy atom. The molecule has 0 aromatic rings. The van der Waals surface area contributed by atoms with Gasteiger partial charge in [0.05, 0.1) is 18.6 Å². The second-order valence-corrected chi connectivity index (χ2v) is 17.6. The number of unbranched alkanes of at least 4 members (excludes halogenated alkanes) is 1. The second kappa shape index (κ2) is 17.0. The van der Waals surface area contributed by atoms with E-state index in [0.717, 1.165) is 12.8 Å². The lowest BCUT2D eigenvalue weighted by molar-refractivity contribution is -0.143. The minimum Gasteiger partial charge on any atom is -0.346 e. The quantitative estimate of drug-likeness (QED) is 0.107. The Kier molecular flexibility index (Phi) is 14.6. The second-order valence-electron chi connectivity index (χ2n) is 15.2. The molecular formula is C33H60N7O6S+. The van der Waals surface area contributed by atoms with Gasteiger partial charge < -0.3 is 26.2 Å². The van der Waals surface area contributed by atoms with Crippen LogP contribution in [0.15, 0.2) is 12.7 Å². The molecular weight excluding hydrogens is 622 g/mol. The van der Waals surface area contributed by atoms with Crippen LogP contribution in [0.3, 0.4) is 0 Å². The third-order valence-electron chi connectivity index (χ3n) is 8.78. The number of nitrogens with zero attached hydrogens (tertiary/aromatic N) is 2. The summed E-state index contributed by atoms with van der Waals surface area (Å²) in [5, 5.41) is 11.2. The summed E-state index contributed by atoms with van der Waals surface area (Å²) in [4.78, 5) is 68.3. The summed E-state index contributed by atoms with van der Waals surface area (Å²) >= 11 is 0. The molecule has 5 N–H and O–H groups in total. The summed E-state index contributed by atoms with van der Waals surface area (Å²) in [6.07, 6.45) is 6.04. The van der Waals surface area contributed by atoms with Gasteiger partial charge in [0.25, 0.3) is 5.91 Å². The summed E-state index contributed by atoms with van der Waals surface area (Å²) in [6, 6.07) is -3.78. The number of Topliss-reactive ketones (excluding diaryl/α,β-unsaturated/α-hetero) is 1. The molecule has 0 aliphatic carbocycles. The maximum atomic E-state index is 14.2. The van der Waals surface area contributed by atoms with E-state index in [0.29, 0.717) is 45.4 Å². The van der Waals surface area contributed by atoms with Crippen LogP contribution in [0.4, 0.5) is 4.79 Å². The molecule has 0 saturated carbocycles. The SMILES string of the molecule is C=CCNC(=O)C(=O)C(CCCC)NC(=O)[C@@H]1C[C@@H](C)CN1C(=O)[C@@H](NC(=O)N[C@H](CN1CCCN[S+]1(C)=O)C(C)(C)C)C(C)(C)C. The Labute approximate surface area is 282 Å². The Hall–Kier alpha value is -2.84. The average Bonchev–Trinajstić information content (AvgIpc) is 3.37. The lowest BCUT2D eigenvalue weighted by Crippen LogP contribution is -2.62. The molecule has 2 aliphatic rings. The van der Waals surface area contributed by atoms with E-state index < -0.39 is 63.4 Å². The molecule has 2 saturated heterocycles. The molecule has 2 aliphatic heterocycles. The highest BCUT2D eigenvalue weighted by Crippen LogP contribution is 2.29. The van der Waals surface area contributed by atoms with Gasteiger partial charge in [-0.2, -0.15) is 0 Å². The minimum atomic E-state index is -2.42. The van der Waals surface area contributed by atoms with Gasteiger partial charge >= 0.3 is 6.03 Å². The molecule has 268 valence electrons. The molecule has 0 aromatic carbocycles. The van der Waals surface area contributed by atoms with E-state index in [2.05, 4.69) is 32.6 Å². The summed E-state index contributed by atoms with van der Waals surface area (Å²) in [5.41, 5.74) is -1.09. The van der Waals surface area contributed by atoms with Gasteiger partial charge in [-0.25, -0.2) is 4.79 Å². The predicted molar refractivity (Wildman–Crippen MR) is 185 cm³/mol. The van der Waals surface area contributed by atoms with E-state index in [-0.39, 0.29) is 23.9 Å². The number of hydrogen-bond donors (Lipinski definition) is 5. The van der Waals surface area contributed by atoms with Crippen molar-refractivity contribution >= 4 is 39.8 Å². The molecule has 6 atom stereocenters. The van der Waals surface area contributed by atoms with E-state index in [1.54, 1.807) is 6.26 Å². The van der Waals surface area contributed by atoms with Crippen LogP contribution < -0.4 is 26.0 Å². The van der Waals surface area contributed by atoms with Crippen molar-refractivity contribution in [1.29, 1.82) is 0 Å². The highest BCUT2D eigenvalue weighted by atomic mass is 32.3. The van der Waals surface area contributed by atoms with E-state index in [1.165, 1.54) is 11.0 Å². The number of likely N-dealkylation sites (tertiary alicyclic amines) is 1. The summed E-state index contributed by atoms with van der Waals surface area (Å²) in [6.45, 7) is 21.1. The van der Waals surface area contributed by atoms with Crippen molar-refractivity contribution < 1.29 is 28.2 Å². The average molecular weight is 683 g/mol. The van der Waals surface area contributed by atoms with Crippen molar-refractivity contribution in [3.63, 3.8) is 0 Å². The van der Waals surface area contributed by atoms with E-state index >= 15 is 0 Å². The fourth-order valence-electron chi connectivity index (χ4n) is 5.79. The van der Waals surface area contributed by atoms with Crippen molar-refractivity contribution in [2.75, 3.05) is 39.0 Å². The van der Waals surface area contributed by atoms with Crippen LogP contribution in [-0.2, 0) is 33.7 Å². The van der Waals surface area contributed by atoms with Crippen molar-refractivity contribution in [3.8, 4) is 0 Å². The van der Waals surface area contributed by atoms with Crippen LogP contribution in [0.2, 0.25) is 0 Å². The molecule has 0 spiro atoms. The number of hydrogen-bond acceptors (Lipinski definition) is 6. The van der Waals surface area contributed by atoms with Crippen LogP contribution in [-0.4, -0.2) is 102 Å². The molecule has 5 amide bonds. The number of ketones is 1. The molecule has 13 nitrogen and oxygen atoms in total.